The third-order valence-electron chi connectivity index (χ3n) is 5.82. The molecule has 6 rings (SSSR count). The van der Waals surface area contributed by atoms with Gasteiger partial charge in [0.05, 0.1) is 5.69 Å². The molecule has 0 atom stereocenters. The van der Waals surface area contributed by atoms with Crippen LogP contribution in [0.1, 0.15) is 5.56 Å². The molecule has 0 fully saturated rings. The zero-order chi connectivity index (χ0) is 21.5. The predicted octanol–water partition coefficient (Wildman–Crippen LogP) is 6.85. The Kier molecular flexibility index (Phi) is 5.54. The number of pyridine rings is 2. The first-order chi connectivity index (χ1) is 15.8. The van der Waals surface area contributed by atoms with Crippen LogP contribution in [0, 0.1) is 13.0 Å². The summed E-state index contributed by atoms with van der Waals surface area (Å²) in [5.74, 6) is 0. The van der Waals surface area contributed by atoms with Gasteiger partial charge < -0.3 is 4.98 Å². The summed E-state index contributed by atoms with van der Waals surface area (Å²) in [6.45, 7) is 2.11. The van der Waals surface area contributed by atoms with Crippen molar-refractivity contribution in [3.8, 4) is 33.8 Å². The molecule has 3 aromatic carbocycles. The van der Waals surface area contributed by atoms with E-state index in [4.69, 9.17) is 9.97 Å². The van der Waals surface area contributed by atoms with E-state index in [0.717, 1.165) is 50.2 Å². The number of rotatable bonds is 3. The molecule has 0 saturated heterocycles. The van der Waals surface area contributed by atoms with Crippen LogP contribution in [0.2, 0.25) is 0 Å². The molecule has 33 heavy (non-hydrogen) atoms. The van der Waals surface area contributed by atoms with Gasteiger partial charge in [0.2, 0.25) is 0 Å². The molecule has 0 aliphatic rings. The Hall–Kier alpha value is -3.75. The molecule has 3 heterocycles. The SMILES string of the molecule is Cc1cccc2c1[n-]c1c(-c3cccc(-c4[c-]c(-c5ccccn5)ccc4)n3)cccc12.[Ni+2]. The number of hydrogen-bond donors (Lipinski definition) is 0. The van der Waals surface area contributed by atoms with E-state index in [-0.39, 0.29) is 16.5 Å². The fraction of sp³-hybridized carbons (Fsp3) is 0.0345. The van der Waals surface area contributed by atoms with Crippen LogP contribution in [0.3, 0.4) is 0 Å². The molecule has 160 valence electrons. The largest absolute Gasteiger partial charge is 2.00 e. The van der Waals surface area contributed by atoms with Crippen molar-refractivity contribution >= 4 is 21.8 Å². The summed E-state index contributed by atoms with van der Waals surface area (Å²) in [4.78, 5) is 14.4. The normalized spacial score (nSPS) is 10.9. The number of nitrogens with zero attached hydrogens (tertiary/aromatic N) is 3. The zero-order valence-corrected chi connectivity index (χ0v) is 18.9. The van der Waals surface area contributed by atoms with Gasteiger partial charge in [-0.15, -0.1) is 35.3 Å². The molecule has 6 aromatic rings. The standard InChI is InChI=1S/C29H19N3.Ni/c1-19-8-4-11-22-23-12-6-13-24(29(23)32-28(19)22)27-16-7-15-26(31-27)21-10-5-9-20(18-21)25-14-2-3-17-30-25;/h2-17H,1H3;/q-2;+2. The van der Waals surface area contributed by atoms with Crippen LogP contribution in [-0.4, -0.2) is 9.97 Å². The van der Waals surface area contributed by atoms with Gasteiger partial charge in [0, 0.05) is 17.6 Å². The third-order valence-corrected chi connectivity index (χ3v) is 5.82. The first-order valence-electron chi connectivity index (χ1n) is 10.6. The van der Waals surface area contributed by atoms with Crippen molar-refractivity contribution in [2.75, 3.05) is 0 Å². The van der Waals surface area contributed by atoms with Gasteiger partial charge in [-0.1, -0.05) is 77.4 Å². The molecule has 3 aromatic heterocycles. The number of aryl methyl sites for hydroxylation is 1. The molecule has 0 bridgehead atoms. The maximum absolute atomic E-state index is 5.00. The summed E-state index contributed by atoms with van der Waals surface area (Å²) in [6.07, 6.45) is 1.80. The van der Waals surface area contributed by atoms with E-state index >= 15 is 0 Å². The minimum Gasteiger partial charge on any atom is -0.656 e. The maximum atomic E-state index is 5.00. The van der Waals surface area contributed by atoms with E-state index in [1.54, 1.807) is 6.20 Å². The van der Waals surface area contributed by atoms with Crippen molar-refractivity contribution < 1.29 is 16.5 Å². The van der Waals surface area contributed by atoms with E-state index in [0.29, 0.717) is 0 Å². The molecule has 0 amide bonds. The third kappa shape index (κ3) is 3.73. The summed E-state index contributed by atoms with van der Waals surface area (Å²) in [6, 6.07) is 34.3. The minimum absolute atomic E-state index is 0. The number of para-hydroxylation sites is 2. The molecule has 3 nitrogen and oxygen atoms in total. The van der Waals surface area contributed by atoms with Crippen LogP contribution < -0.4 is 4.98 Å². The number of hydrogen-bond acceptors (Lipinski definition) is 2. The Morgan fingerprint density at radius 2 is 1.30 bits per heavy atom. The van der Waals surface area contributed by atoms with Gasteiger partial charge in [-0.2, -0.15) is 0 Å². The molecule has 0 radical (unpaired) electrons. The van der Waals surface area contributed by atoms with Gasteiger partial charge >= 0.3 is 16.5 Å². The summed E-state index contributed by atoms with van der Waals surface area (Å²) in [5, 5.41) is 2.35. The minimum atomic E-state index is 0. The van der Waals surface area contributed by atoms with Crippen molar-refractivity contribution in [2.45, 2.75) is 6.92 Å². The second kappa shape index (κ2) is 8.65. The van der Waals surface area contributed by atoms with Crippen LogP contribution in [-0.2, 0) is 16.5 Å². The number of benzene rings is 3. The number of fused-ring (bicyclic) bond motifs is 3. The van der Waals surface area contributed by atoms with Gasteiger partial charge in [0.25, 0.3) is 0 Å². The Morgan fingerprint density at radius 1 is 0.636 bits per heavy atom. The van der Waals surface area contributed by atoms with Crippen molar-refractivity contribution in [3.63, 3.8) is 0 Å². The summed E-state index contributed by atoms with van der Waals surface area (Å²) >= 11 is 0. The van der Waals surface area contributed by atoms with Crippen LogP contribution in [0.15, 0.2) is 97.2 Å². The van der Waals surface area contributed by atoms with E-state index in [1.165, 1.54) is 10.9 Å². The summed E-state index contributed by atoms with van der Waals surface area (Å²) in [7, 11) is 0. The summed E-state index contributed by atoms with van der Waals surface area (Å²) in [5.41, 5.74) is 8.87. The Bertz CT molecular complexity index is 1590. The fourth-order valence-electron chi connectivity index (χ4n) is 4.25. The molecule has 0 N–H and O–H groups in total. The van der Waals surface area contributed by atoms with E-state index in [9.17, 15) is 0 Å². The Labute approximate surface area is 202 Å². The molecule has 0 unspecified atom stereocenters. The van der Waals surface area contributed by atoms with Gasteiger partial charge in [0.15, 0.2) is 0 Å². The monoisotopic (exact) mass is 467 g/mol. The quantitative estimate of drug-likeness (QED) is 0.211. The average molecular weight is 468 g/mol. The van der Waals surface area contributed by atoms with Crippen LogP contribution in [0.25, 0.3) is 55.6 Å². The smallest absolute Gasteiger partial charge is 0.656 e. The molecular weight excluding hydrogens is 449 g/mol. The fourth-order valence-corrected chi connectivity index (χ4v) is 4.25. The number of aromatic nitrogens is 3. The Balaban J connectivity index is 0.00000228. The molecule has 0 aliphatic heterocycles. The topological polar surface area (TPSA) is 39.9 Å². The Morgan fingerprint density at radius 3 is 2.12 bits per heavy atom. The predicted molar refractivity (Wildman–Crippen MR) is 130 cm³/mol. The average Bonchev–Trinajstić information content (AvgIpc) is 3.25. The van der Waals surface area contributed by atoms with Gasteiger partial charge in [-0.25, -0.2) is 0 Å². The molecule has 0 spiro atoms. The van der Waals surface area contributed by atoms with Crippen molar-refractivity contribution in [3.05, 3.63) is 109 Å². The van der Waals surface area contributed by atoms with Crippen LogP contribution in [0.4, 0.5) is 0 Å². The summed E-state index contributed by atoms with van der Waals surface area (Å²) < 4.78 is 0. The van der Waals surface area contributed by atoms with Gasteiger partial charge in [-0.3, -0.25) is 9.97 Å². The molecule has 0 aliphatic carbocycles. The zero-order valence-electron chi connectivity index (χ0n) is 17.9. The first kappa shape index (κ1) is 21.1. The molecule has 4 heteroatoms. The second-order valence-electron chi connectivity index (χ2n) is 7.89. The second-order valence-corrected chi connectivity index (χ2v) is 7.89. The van der Waals surface area contributed by atoms with Gasteiger partial charge in [-0.05, 0) is 35.4 Å². The van der Waals surface area contributed by atoms with Crippen LogP contribution >= 0.6 is 0 Å². The van der Waals surface area contributed by atoms with Crippen molar-refractivity contribution in [1.29, 1.82) is 0 Å². The van der Waals surface area contributed by atoms with E-state index in [2.05, 4.69) is 54.4 Å². The molecular formula is C29H19N3Ni. The van der Waals surface area contributed by atoms with Gasteiger partial charge in [0.1, 0.15) is 0 Å². The molecule has 0 saturated carbocycles. The first-order valence-corrected chi connectivity index (χ1v) is 10.6. The van der Waals surface area contributed by atoms with Crippen molar-refractivity contribution in [2.24, 2.45) is 0 Å². The van der Waals surface area contributed by atoms with E-state index in [1.807, 2.05) is 54.6 Å². The van der Waals surface area contributed by atoms with E-state index < -0.39 is 0 Å². The maximum Gasteiger partial charge on any atom is 2.00 e. The van der Waals surface area contributed by atoms with Crippen LogP contribution in [0.5, 0.6) is 0 Å². The van der Waals surface area contributed by atoms with Crippen molar-refractivity contribution in [1.82, 2.24) is 15.0 Å².